The van der Waals surface area contributed by atoms with E-state index in [9.17, 15) is 4.79 Å². The van der Waals surface area contributed by atoms with Crippen molar-refractivity contribution < 1.29 is 4.79 Å². The van der Waals surface area contributed by atoms with E-state index in [4.69, 9.17) is 5.73 Å². The molecule has 1 rings (SSSR count). The lowest BCUT2D eigenvalue weighted by atomic mass is 9.95. The van der Waals surface area contributed by atoms with Crippen LogP contribution in [0.25, 0.3) is 0 Å². The van der Waals surface area contributed by atoms with Crippen molar-refractivity contribution in [3.8, 4) is 0 Å². The first-order chi connectivity index (χ1) is 7.52. The number of rotatable bonds is 5. The lowest BCUT2D eigenvalue weighted by Gasteiger charge is -2.07. The molecule has 0 unspecified atom stereocenters. The van der Waals surface area contributed by atoms with Crippen LogP contribution in [0.5, 0.6) is 0 Å². The Morgan fingerprint density at radius 2 is 2.00 bits per heavy atom. The van der Waals surface area contributed by atoms with Crippen LogP contribution in [0.2, 0.25) is 0 Å². The molecule has 1 aromatic heterocycles. The van der Waals surface area contributed by atoms with Crippen LogP contribution in [0.4, 0.5) is 5.00 Å². The van der Waals surface area contributed by atoms with Gasteiger partial charge in [-0.25, -0.2) is 0 Å². The predicted octanol–water partition coefficient (Wildman–Crippen LogP) is 3.68. The lowest BCUT2D eigenvalue weighted by Crippen LogP contribution is -2.11. The highest BCUT2D eigenvalue weighted by molar-refractivity contribution is 7.16. The van der Waals surface area contributed by atoms with Crippen molar-refractivity contribution in [2.45, 2.75) is 47.0 Å². The van der Waals surface area contributed by atoms with Crippen molar-refractivity contribution in [3.05, 3.63) is 16.0 Å². The van der Waals surface area contributed by atoms with E-state index < -0.39 is 0 Å². The molecule has 0 amide bonds. The number of thiophene rings is 1. The van der Waals surface area contributed by atoms with Crippen LogP contribution in [0, 0.1) is 5.92 Å². The number of carbonyl (C=O) groups is 1. The average molecular weight is 239 g/mol. The van der Waals surface area contributed by atoms with Crippen molar-refractivity contribution in [2.75, 3.05) is 5.73 Å². The second-order valence-corrected chi connectivity index (χ2v) is 5.50. The van der Waals surface area contributed by atoms with Gasteiger partial charge in [-0.15, -0.1) is 11.3 Å². The van der Waals surface area contributed by atoms with Crippen LogP contribution in [0.1, 0.15) is 54.9 Å². The van der Waals surface area contributed by atoms with E-state index in [1.807, 2.05) is 13.8 Å². The minimum Gasteiger partial charge on any atom is -0.390 e. The highest BCUT2D eigenvalue weighted by Gasteiger charge is 2.22. The average Bonchev–Trinajstić information content (AvgIpc) is 2.54. The van der Waals surface area contributed by atoms with Gasteiger partial charge in [-0.2, -0.15) is 0 Å². The summed E-state index contributed by atoms with van der Waals surface area (Å²) in [5.74, 6) is 0.217. The summed E-state index contributed by atoms with van der Waals surface area (Å²) in [7, 11) is 0. The number of Topliss-reactive ketones (excluding diaryl/α,β-unsaturated/α-hetero) is 1. The summed E-state index contributed by atoms with van der Waals surface area (Å²) in [6.45, 7) is 8.12. The zero-order valence-corrected chi connectivity index (χ0v) is 11.4. The molecule has 3 heteroatoms. The van der Waals surface area contributed by atoms with Gasteiger partial charge in [0, 0.05) is 10.8 Å². The molecular formula is C13H21NOS. The summed E-state index contributed by atoms with van der Waals surface area (Å²) < 4.78 is 0. The summed E-state index contributed by atoms with van der Waals surface area (Å²) in [4.78, 5) is 13.4. The number of anilines is 1. The van der Waals surface area contributed by atoms with Crippen molar-refractivity contribution in [1.29, 1.82) is 0 Å². The maximum Gasteiger partial charge on any atom is 0.168 e. The summed E-state index contributed by atoms with van der Waals surface area (Å²) in [5, 5.41) is 0.707. The van der Waals surface area contributed by atoms with Crippen LogP contribution < -0.4 is 5.73 Å². The molecule has 0 radical (unpaired) electrons. The molecule has 0 aliphatic rings. The smallest absolute Gasteiger partial charge is 0.168 e. The van der Waals surface area contributed by atoms with Crippen molar-refractivity contribution in [2.24, 2.45) is 5.92 Å². The number of ketones is 1. The number of nitrogen functional groups attached to an aromatic ring is 1. The van der Waals surface area contributed by atoms with Gasteiger partial charge < -0.3 is 5.73 Å². The maximum absolute atomic E-state index is 12.1. The molecule has 0 aliphatic heterocycles. The normalized spacial score (nSPS) is 11.1. The SMILES string of the molecule is CCCc1c(CC)sc(N)c1C(=O)C(C)C. The zero-order valence-electron chi connectivity index (χ0n) is 10.6. The van der Waals surface area contributed by atoms with Crippen LogP contribution in [-0.2, 0) is 12.8 Å². The Hall–Kier alpha value is -0.830. The standard InChI is InChI=1S/C13H21NOS/c1-5-7-9-10(6-2)16-13(14)11(9)12(15)8(3)4/h8H,5-7,14H2,1-4H3. The van der Waals surface area contributed by atoms with Crippen LogP contribution in [0.15, 0.2) is 0 Å². The van der Waals surface area contributed by atoms with Gasteiger partial charge in [0.2, 0.25) is 0 Å². The lowest BCUT2D eigenvalue weighted by molar-refractivity contribution is 0.0939. The number of hydrogen-bond donors (Lipinski definition) is 1. The van der Waals surface area contributed by atoms with E-state index in [1.165, 1.54) is 10.4 Å². The molecule has 0 fully saturated rings. The topological polar surface area (TPSA) is 43.1 Å². The Morgan fingerprint density at radius 3 is 2.44 bits per heavy atom. The number of hydrogen-bond acceptors (Lipinski definition) is 3. The minimum atomic E-state index is 0.0252. The molecule has 0 aromatic carbocycles. The summed E-state index contributed by atoms with van der Waals surface area (Å²) in [6.07, 6.45) is 2.99. The van der Waals surface area contributed by atoms with E-state index in [2.05, 4.69) is 13.8 Å². The molecule has 0 bridgehead atoms. The first-order valence-corrected chi connectivity index (χ1v) is 6.78. The van der Waals surface area contributed by atoms with Gasteiger partial charge in [-0.1, -0.05) is 34.1 Å². The van der Waals surface area contributed by atoms with Crippen molar-refractivity contribution in [1.82, 2.24) is 0 Å². The van der Waals surface area contributed by atoms with E-state index in [1.54, 1.807) is 11.3 Å². The molecule has 1 heterocycles. The third-order valence-electron chi connectivity index (χ3n) is 2.71. The quantitative estimate of drug-likeness (QED) is 0.796. The molecule has 0 aliphatic carbocycles. The van der Waals surface area contributed by atoms with Gasteiger partial charge in [-0.3, -0.25) is 4.79 Å². The minimum absolute atomic E-state index is 0.0252. The Morgan fingerprint density at radius 1 is 1.38 bits per heavy atom. The summed E-state index contributed by atoms with van der Waals surface area (Å²) in [6, 6.07) is 0. The monoisotopic (exact) mass is 239 g/mol. The van der Waals surface area contributed by atoms with Gasteiger partial charge in [0.25, 0.3) is 0 Å². The largest absolute Gasteiger partial charge is 0.390 e. The Balaban J connectivity index is 3.24. The third kappa shape index (κ3) is 2.46. The molecule has 2 nitrogen and oxygen atoms in total. The molecular weight excluding hydrogens is 218 g/mol. The fourth-order valence-corrected chi connectivity index (χ4v) is 2.96. The van der Waals surface area contributed by atoms with Crippen molar-refractivity contribution in [3.63, 3.8) is 0 Å². The highest BCUT2D eigenvalue weighted by atomic mass is 32.1. The second kappa shape index (κ2) is 5.48. The fraction of sp³-hybridized carbons (Fsp3) is 0.615. The summed E-state index contributed by atoms with van der Waals surface area (Å²) in [5.41, 5.74) is 7.99. The van der Waals surface area contributed by atoms with Gasteiger partial charge in [-0.05, 0) is 18.4 Å². The van der Waals surface area contributed by atoms with Gasteiger partial charge >= 0.3 is 0 Å². The van der Waals surface area contributed by atoms with Gasteiger partial charge in [0.15, 0.2) is 5.78 Å². The van der Waals surface area contributed by atoms with Crippen LogP contribution in [0.3, 0.4) is 0 Å². The Labute approximate surface area is 102 Å². The molecule has 0 saturated heterocycles. The number of carbonyl (C=O) groups excluding carboxylic acids is 1. The van der Waals surface area contributed by atoms with Crippen molar-refractivity contribution >= 4 is 22.1 Å². The van der Waals surface area contributed by atoms with Crippen LogP contribution >= 0.6 is 11.3 Å². The van der Waals surface area contributed by atoms with E-state index in [0.717, 1.165) is 24.8 Å². The third-order valence-corrected chi connectivity index (χ3v) is 3.92. The molecule has 0 atom stereocenters. The predicted molar refractivity (Wildman–Crippen MR) is 71.3 cm³/mol. The van der Waals surface area contributed by atoms with E-state index in [-0.39, 0.29) is 11.7 Å². The first kappa shape index (κ1) is 13.2. The summed E-state index contributed by atoms with van der Waals surface area (Å²) >= 11 is 1.58. The number of nitrogens with two attached hydrogens (primary N) is 1. The highest BCUT2D eigenvalue weighted by Crippen LogP contribution is 2.34. The Bertz CT molecular complexity index is 380. The Kier molecular flexibility index (Phi) is 4.54. The first-order valence-electron chi connectivity index (χ1n) is 5.97. The van der Waals surface area contributed by atoms with Gasteiger partial charge in [0.1, 0.15) is 0 Å². The molecule has 0 spiro atoms. The van der Waals surface area contributed by atoms with E-state index in [0.29, 0.717) is 5.00 Å². The number of aryl methyl sites for hydroxylation is 1. The van der Waals surface area contributed by atoms with Gasteiger partial charge in [0.05, 0.1) is 10.6 Å². The molecule has 16 heavy (non-hydrogen) atoms. The van der Waals surface area contributed by atoms with E-state index >= 15 is 0 Å². The zero-order chi connectivity index (χ0) is 12.3. The molecule has 1 aromatic rings. The van der Waals surface area contributed by atoms with Crippen LogP contribution in [-0.4, -0.2) is 5.78 Å². The molecule has 90 valence electrons. The molecule has 2 N–H and O–H groups in total. The maximum atomic E-state index is 12.1. The molecule has 0 saturated carbocycles. The fourth-order valence-electron chi connectivity index (χ4n) is 1.89. The second-order valence-electron chi connectivity index (χ2n) is 4.37.